The zero-order valence-corrected chi connectivity index (χ0v) is 15.8. The van der Waals surface area contributed by atoms with Crippen molar-refractivity contribution in [3.8, 4) is 22.6 Å². The van der Waals surface area contributed by atoms with Crippen LogP contribution in [0.15, 0.2) is 23.0 Å². The molecule has 0 aliphatic heterocycles. The third-order valence-corrected chi connectivity index (χ3v) is 4.22. The van der Waals surface area contributed by atoms with Crippen LogP contribution in [0.5, 0.6) is 11.5 Å². The Labute approximate surface area is 161 Å². The van der Waals surface area contributed by atoms with Crippen molar-refractivity contribution in [3.05, 3.63) is 39.7 Å². The summed E-state index contributed by atoms with van der Waals surface area (Å²) in [6.07, 6.45) is 0.752. The summed E-state index contributed by atoms with van der Waals surface area (Å²) < 4.78 is 10.8. The molecule has 1 aromatic carbocycles. The number of methoxy groups -OCH3 is 1. The number of carboxylic acids is 2. The maximum Gasteiger partial charge on any atom is 0.342 e. The molecule has 0 amide bonds. The number of rotatable bonds is 8. The molecule has 0 bridgehead atoms. The van der Waals surface area contributed by atoms with Crippen LogP contribution < -0.4 is 20.8 Å². The Bertz CT molecular complexity index is 940. The van der Waals surface area contributed by atoms with Crippen LogP contribution in [0.3, 0.4) is 0 Å². The molecule has 27 heavy (non-hydrogen) atoms. The first-order valence-electron chi connectivity index (χ1n) is 7.71. The van der Waals surface area contributed by atoms with E-state index < -0.39 is 34.4 Å². The van der Waals surface area contributed by atoms with Gasteiger partial charge in [0, 0.05) is 10.9 Å². The van der Waals surface area contributed by atoms with Gasteiger partial charge < -0.3 is 30.4 Å². The quantitative estimate of drug-likeness (QED) is 0.359. The number of aromatic carboxylic acids is 2. The number of nitrogens with two attached hydrogens (primary N) is 1. The highest BCUT2D eigenvalue weighted by Crippen LogP contribution is 2.36. The highest BCUT2D eigenvalue weighted by Gasteiger charge is 2.27. The molecule has 0 unspecified atom stereocenters. The molecule has 0 saturated heterocycles. The summed E-state index contributed by atoms with van der Waals surface area (Å²) in [5, 5.41) is 19.6. The Hall–Kier alpha value is -3.01. The summed E-state index contributed by atoms with van der Waals surface area (Å²) in [6.45, 7) is 0.416. The second-order valence-corrected chi connectivity index (χ2v) is 6.15. The van der Waals surface area contributed by atoms with E-state index in [0.29, 0.717) is 12.4 Å². The Kier molecular flexibility index (Phi) is 6.45. The van der Waals surface area contributed by atoms with E-state index in [1.54, 1.807) is 0 Å². The van der Waals surface area contributed by atoms with Crippen molar-refractivity contribution in [1.82, 2.24) is 4.98 Å². The maximum atomic E-state index is 12.1. The maximum absolute atomic E-state index is 12.1. The monoisotopic (exact) mass is 440 g/mol. The van der Waals surface area contributed by atoms with Gasteiger partial charge >= 0.3 is 11.9 Å². The van der Waals surface area contributed by atoms with E-state index in [2.05, 4.69) is 20.9 Å². The molecule has 0 spiro atoms. The van der Waals surface area contributed by atoms with Gasteiger partial charge in [-0.25, -0.2) is 9.59 Å². The fourth-order valence-electron chi connectivity index (χ4n) is 2.51. The molecule has 2 rings (SSSR count). The predicted molar refractivity (Wildman–Crippen MR) is 101 cm³/mol. The van der Waals surface area contributed by atoms with Gasteiger partial charge in [0.15, 0.2) is 11.5 Å². The van der Waals surface area contributed by atoms with Crippen molar-refractivity contribution in [2.45, 2.75) is 6.42 Å². The zero-order chi connectivity index (χ0) is 20.1. The molecule has 1 heterocycles. The minimum Gasteiger partial charge on any atom is -0.493 e. The normalized spacial score (nSPS) is 10.4. The van der Waals surface area contributed by atoms with E-state index in [0.717, 1.165) is 11.8 Å². The van der Waals surface area contributed by atoms with Crippen molar-refractivity contribution in [1.29, 1.82) is 0 Å². The molecular formula is C17H17BrN2O7. The van der Waals surface area contributed by atoms with Crippen LogP contribution in [-0.4, -0.2) is 46.2 Å². The van der Waals surface area contributed by atoms with E-state index in [4.69, 9.17) is 15.2 Å². The lowest BCUT2D eigenvalue weighted by Gasteiger charge is -2.15. The van der Waals surface area contributed by atoms with E-state index in [9.17, 15) is 24.6 Å². The lowest BCUT2D eigenvalue weighted by molar-refractivity contribution is 0.0695. The SMILES string of the molecule is COc1cc(-c2c(C(=O)O)c(N)[nH]c(=O)c2C(=O)O)ccc1OCCCBr. The zero-order valence-electron chi connectivity index (χ0n) is 14.2. The van der Waals surface area contributed by atoms with Gasteiger partial charge in [0.05, 0.1) is 13.7 Å². The molecule has 0 aliphatic carbocycles. The lowest BCUT2D eigenvalue weighted by Crippen LogP contribution is -2.24. The van der Waals surface area contributed by atoms with Crippen LogP contribution in [0, 0.1) is 0 Å². The fourth-order valence-corrected chi connectivity index (χ4v) is 2.74. The third-order valence-electron chi connectivity index (χ3n) is 3.66. The second-order valence-electron chi connectivity index (χ2n) is 5.36. The smallest absolute Gasteiger partial charge is 0.342 e. The van der Waals surface area contributed by atoms with Gasteiger partial charge in [-0.05, 0) is 24.1 Å². The molecule has 144 valence electrons. The number of halogens is 1. The van der Waals surface area contributed by atoms with Gasteiger partial charge in [0.2, 0.25) is 0 Å². The Morgan fingerprint density at radius 2 is 1.85 bits per heavy atom. The number of aromatic amines is 1. The minimum absolute atomic E-state index is 0.146. The van der Waals surface area contributed by atoms with Gasteiger partial charge in [-0.3, -0.25) is 4.79 Å². The molecule has 5 N–H and O–H groups in total. The van der Waals surface area contributed by atoms with Crippen LogP contribution in [-0.2, 0) is 0 Å². The molecule has 0 aliphatic rings. The number of anilines is 1. The molecule has 10 heteroatoms. The number of nitrogens with one attached hydrogen (secondary N) is 1. The minimum atomic E-state index is -1.58. The van der Waals surface area contributed by atoms with Crippen LogP contribution in [0.1, 0.15) is 27.1 Å². The summed E-state index contributed by atoms with van der Waals surface area (Å²) in [7, 11) is 1.39. The van der Waals surface area contributed by atoms with Crippen molar-refractivity contribution < 1.29 is 29.3 Å². The third kappa shape index (κ3) is 4.22. The van der Waals surface area contributed by atoms with Gasteiger partial charge in [-0.15, -0.1) is 0 Å². The van der Waals surface area contributed by atoms with Gasteiger partial charge in [-0.2, -0.15) is 0 Å². The summed E-state index contributed by atoms with van der Waals surface area (Å²) in [5.74, 6) is -2.84. The average molecular weight is 441 g/mol. The molecule has 2 aromatic rings. The largest absolute Gasteiger partial charge is 0.493 e. The summed E-state index contributed by atoms with van der Waals surface area (Å²) in [4.78, 5) is 37.4. The Morgan fingerprint density at radius 3 is 2.41 bits per heavy atom. The average Bonchev–Trinajstić information content (AvgIpc) is 2.60. The molecular weight excluding hydrogens is 424 g/mol. The van der Waals surface area contributed by atoms with Crippen molar-refractivity contribution in [3.63, 3.8) is 0 Å². The number of nitrogen functional groups attached to an aromatic ring is 1. The fraction of sp³-hybridized carbons (Fsp3) is 0.235. The number of carbonyl (C=O) groups is 2. The predicted octanol–water partition coefficient (Wildman–Crippen LogP) is 2.19. The Morgan fingerprint density at radius 1 is 1.19 bits per heavy atom. The lowest BCUT2D eigenvalue weighted by atomic mass is 9.95. The number of ether oxygens (including phenoxy) is 2. The van der Waals surface area contributed by atoms with Crippen LogP contribution >= 0.6 is 15.9 Å². The molecule has 1 aromatic heterocycles. The number of alkyl halides is 1. The first-order chi connectivity index (χ1) is 12.8. The first-order valence-corrected chi connectivity index (χ1v) is 8.83. The van der Waals surface area contributed by atoms with E-state index in [1.165, 1.54) is 25.3 Å². The number of hydrogen-bond donors (Lipinski definition) is 4. The highest BCUT2D eigenvalue weighted by molar-refractivity contribution is 9.09. The highest BCUT2D eigenvalue weighted by atomic mass is 79.9. The molecule has 0 fully saturated rings. The van der Waals surface area contributed by atoms with Crippen LogP contribution in [0.4, 0.5) is 5.82 Å². The van der Waals surface area contributed by atoms with Crippen molar-refractivity contribution in [2.75, 3.05) is 24.8 Å². The van der Waals surface area contributed by atoms with Gasteiger partial charge in [-0.1, -0.05) is 22.0 Å². The molecule has 0 atom stereocenters. The van der Waals surface area contributed by atoms with Crippen LogP contribution in [0.2, 0.25) is 0 Å². The van der Waals surface area contributed by atoms with E-state index >= 15 is 0 Å². The number of pyridine rings is 1. The summed E-state index contributed by atoms with van der Waals surface area (Å²) in [5.41, 5.74) is 3.22. The number of H-pyrrole nitrogens is 1. The molecule has 0 radical (unpaired) electrons. The summed E-state index contributed by atoms with van der Waals surface area (Å²) >= 11 is 3.29. The van der Waals surface area contributed by atoms with E-state index in [1.807, 2.05) is 0 Å². The first kappa shape index (κ1) is 20.3. The number of carboxylic acid groups (broad SMARTS) is 2. The van der Waals surface area contributed by atoms with Crippen molar-refractivity contribution >= 4 is 33.7 Å². The summed E-state index contributed by atoms with van der Waals surface area (Å²) in [6, 6.07) is 4.35. The number of hydrogen-bond acceptors (Lipinski definition) is 6. The van der Waals surface area contributed by atoms with Crippen LogP contribution in [0.25, 0.3) is 11.1 Å². The van der Waals surface area contributed by atoms with E-state index in [-0.39, 0.29) is 16.9 Å². The number of benzene rings is 1. The standard InChI is InChI=1S/C17H17BrN2O7/c1-26-10-7-8(3-4-9(10)27-6-2-5-18)11-12(16(22)23)14(19)20-15(21)13(11)17(24)25/h3-4,7H,2,5-6H2,1H3,(H,22,23)(H,24,25)(H3,19,20,21). The number of aromatic nitrogens is 1. The van der Waals surface area contributed by atoms with Crippen molar-refractivity contribution in [2.24, 2.45) is 0 Å². The topological polar surface area (TPSA) is 152 Å². The van der Waals surface area contributed by atoms with Gasteiger partial charge in [0.25, 0.3) is 5.56 Å². The van der Waals surface area contributed by atoms with Gasteiger partial charge in [0.1, 0.15) is 16.9 Å². The second kappa shape index (κ2) is 8.58. The Balaban J connectivity index is 2.71. The molecule has 9 nitrogen and oxygen atoms in total. The molecule has 0 saturated carbocycles.